The lowest BCUT2D eigenvalue weighted by atomic mass is 10.0. The zero-order valence-corrected chi connectivity index (χ0v) is 12.1. The van der Waals surface area contributed by atoms with Gasteiger partial charge in [-0.3, -0.25) is 4.79 Å². The fourth-order valence-electron chi connectivity index (χ4n) is 2.41. The Morgan fingerprint density at radius 3 is 2.55 bits per heavy atom. The Labute approximate surface area is 118 Å². The molecule has 0 aliphatic rings. The van der Waals surface area contributed by atoms with Crippen LogP contribution in [0.4, 0.5) is 0 Å². The number of nitrogens with one attached hydrogen (secondary N) is 1. The highest BCUT2D eigenvalue weighted by atomic mass is 16.3. The van der Waals surface area contributed by atoms with Gasteiger partial charge < -0.3 is 10.1 Å². The lowest BCUT2D eigenvalue weighted by Crippen LogP contribution is -2.16. The minimum atomic E-state index is -0.287. The number of aromatic hydroxyl groups is 1. The molecule has 2 N–H and O–H groups in total. The third-order valence-corrected chi connectivity index (χ3v) is 3.60. The first-order valence-electron chi connectivity index (χ1n) is 6.97. The summed E-state index contributed by atoms with van der Waals surface area (Å²) >= 11 is 0. The molecule has 4 nitrogen and oxygen atoms in total. The molecule has 106 valence electrons. The van der Waals surface area contributed by atoms with Gasteiger partial charge in [0.15, 0.2) is 0 Å². The van der Waals surface area contributed by atoms with Crippen LogP contribution in [0.15, 0.2) is 29.1 Å². The maximum Gasteiger partial charge on any atom is 0.262 e. The summed E-state index contributed by atoms with van der Waals surface area (Å²) in [6, 6.07) is 7.47. The zero-order chi connectivity index (χ0) is 14.7. The van der Waals surface area contributed by atoms with Crippen molar-refractivity contribution in [3.05, 3.63) is 46.0 Å². The van der Waals surface area contributed by atoms with Crippen molar-refractivity contribution in [2.75, 3.05) is 0 Å². The highest BCUT2D eigenvalue weighted by Crippen LogP contribution is 2.26. The molecule has 0 amide bonds. The quantitative estimate of drug-likeness (QED) is 0.897. The second kappa shape index (κ2) is 5.90. The van der Waals surface area contributed by atoms with Crippen molar-refractivity contribution in [3.63, 3.8) is 0 Å². The fraction of sp³-hybridized carbons (Fsp3) is 0.375. The lowest BCUT2D eigenvalue weighted by molar-refractivity contribution is 0.444. The topological polar surface area (TPSA) is 66.0 Å². The van der Waals surface area contributed by atoms with Gasteiger partial charge in [0.2, 0.25) is 5.88 Å². The molecule has 0 unspecified atom stereocenters. The summed E-state index contributed by atoms with van der Waals surface area (Å²) in [7, 11) is 0. The number of H-pyrrole nitrogens is 1. The largest absolute Gasteiger partial charge is 0.493 e. The molecule has 0 radical (unpaired) electrons. The maximum absolute atomic E-state index is 12.3. The Kier molecular flexibility index (Phi) is 4.23. The van der Waals surface area contributed by atoms with Crippen molar-refractivity contribution in [2.24, 2.45) is 0 Å². The lowest BCUT2D eigenvalue weighted by Gasteiger charge is -2.13. The van der Waals surface area contributed by atoms with E-state index >= 15 is 0 Å². The Bertz CT molecular complexity index is 658. The molecule has 20 heavy (non-hydrogen) atoms. The predicted molar refractivity (Wildman–Crippen MR) is 80.0 cm³/mol. The molecule has 0 fully saturated rings. The number of aromatic nitrogens is 2. The van der Waals surface area contributed by atoms with Crippen molar-refractivity contribution in [3.8, 4) is 17.0 Å². The molecule has 1 heterocycles. The van der Waals surface area contributed by atoms with E-state index in [0.29, 0.717) is 11.4 Å². The maximum atomic E-state index is 12.3. The van der Waals surface area contributed by atoms with Crippen molar-refractivity contribution >= 4 is 0 Å². The van der Waals surface area contributed by atoms with Crippen LogP contribution in [0.3, 0.4) is 0 Å². The van der Waals surface area contributed by atoms with Crippen LogP contribution in [-0.2, 0) is 0 Å². The standard InChI is InChI=1S/C16H20N2O2/c1-4-11(5-2)14-17-15(19)13(16(20)18-14)12-8-6-7-10(3)9-12/h6-9,11H,4-5H2,1-3H3,(H2,17,18,19,20). The van der Waals surface area contributed by atoms with Crippen LogP contribution in [0, 0.1) is 6.92 Å². The van der Waals surface area contributed by atoms with Gasteiger partial charge in [-0.05, 0) is 25.3 Å². The number of hydrogen-bond acceptors (Lipinski definition) is 3. The monoisotopic (exact) mass is 272 g/mol. The van der Waals surface area contributed by atoms with E-state index < -0.39 is 0 Å². The summed E-state index contributed by atoms with van der Waals surface area (Å²) in [5.41, 5.74) is 1.67. The third-order valence-electron chi connectivity index (χ3n) is 3.60. The normalized spacial score (nSPS) is 11.0. The van der Waals surface area contributed by atoms with Gasteiger partial charge in [-0.15, -0.1) is 0 Å². The van der Waals surface area contributed by atoms with Crippen LogP contribution >= 0.6 is 0 Å². The minimum Gasteiger partial charge on any atom is -0.493 e. The van der Waals surface area contributed by atoms with Gasteiger partial charge in [-0.25, -0.2) is 0 Å². The first-order chi connectivity index (χ1) is 9.56. The van der Waals surface area contributed by atoms with E-state index in [1.54, 1.807) is 6.07 Å². The molecule has 0 saturated carbocycles. The molecule has 4 heteroatoms. The summed E-state index contributed by atoms with van der Waals surface area (Å²) in [5.74, 6) is 0.537. The molecule has 0 aliphatic carbocycles. The Hall–Kier alpha value is -2.10. The predicted octanol–water partition coefficient (Wildman–Crippen LogP) is 3.35. The number of aromatic amines is 1. The molecule has 1 aromatic carbocycles. The van der Waals surface area contributed by atoms with Gasteiger partial charge in [0.25, 0.3) is 5.56 Å². The van der Waals surface area contributed by atoms with E-state index in [1.165, 1.54) is 0 Å². The van der Waals surface area contributed by atoms with E-state index in [9.17, 15) is 9.90 Å². The van der Waals surface area contributed by atoms with Crippen LogP contribution < -0.4 is 5.56 Å². The molecular weight excluding hydrogens is 252 g/mol. The summed E-state index contributed by atoms with van der Waals surface area (Å²) in [5, 5.41) is 10.1. The average Bonchev–Trinajstić information content (AvgIpc) is 2.39. The second-order valence-electron chi connectivity index (χ2n) is 5.03. The molecule has 2 aromatic rings. The highest BCUT2D eigenvalue weighted by Gasteiger charge is 2.16. The van der Waals surface area contributed by atoms with Gasteiger partial charge in [-0.1, -0.05) is 43.7 Å². The molecule has 0 saturated heterocycles. The molecule has 0 spiro atoms. The van der Waals surface area contributed by atoms with Crippen molar-refractivity contribution in [1.82, 2.24) is 9.97 Å². The number of rotatable bonds is 4. The van der Waals surface area contributed by atoms with Crippen LogP contribution in [0.2, 0.25) is 0 Å². The van der Waals surface area contributed by atoms with Gasteiger partial charge in [0, 0.05) is 5.92 Å². The number of benzene rings is 1. The first-order valence-corrected chi connectivity index (χ1v) is 6.97. The van der Waals surface area contributed by atoms with Crippen LogP contribution in [0.5, 0.6) is 5.88 Å². The molecule has 2 rings (SSSR count). The van der Waals surface area contributed by atoms with Crippen molar-refractivity contribution in [1.29, 1.82) is 0 Å². The highest BCUT2D eigenvalue weighted by molar-refractivity contribution is 5.67. The van der Waals surface area contributed by atoms with E-state index in [4.69, 9.17) is 0 Å². The van der Waals surface area contributed by atoms with Crippen LogP contribution in [-0.4, -0.2) is 15.1 Å². The summed E-state index contributed by atoms with van der Waals surface area (Å²) < 4.78 is 0. The van der Waals surface area contributed by atoms with E-state index in [0.717, 1.165) is 18.4 Å². The molecule has 0 aliphatic heterocycles. The fourth-order valence-corrected chi connectivity index (χ4v) is 2.41. The number of hydrogen-bond donors (Lipinski definition) is 2. The second-order valence-corrected chi connectivity index (χ2v) is 5.03. The number of nitrogens with zero attached hydrogens (tertiary/aromatic N) is 1. The Balaban J connectivity index is 2.55. The number of aryl methyl sites for hydroxylation is 1. The summed E-state index contributed by atoms with van der Waals surface area (Å²) in [6.45, 7) is 6.03. The molecular formula is C16H20N2O2. The zero-order valence-electron chi connectivity index (χ0n) is 12.1. The van der Waals surface area contributed by atoms with Gasteiger partial charge in [0.1, 0.15) is 11.4 Å². The minimum absolute atomic E-state index is 0.167. The van der Waals surface area contributed by atoms with Crippen molar-refractivity contribution in [2.45, 2.75) is 39.5 Å². The SMILES string of the molecule is CCC(CC)c1nc(O)c(-c2cccc(C)c2)c(=O)[nH]1. The van der Waals surface area contributed by atoms with Crippen molar-refractivity contribution < 1.29 is 5.11 Å². The molecule has 1 aromatic heterocycles. The van der Waals surface area contributed by atoms with Gasteiger partial charge >= 0.3 is 0 Å². The van der Waals surface area contributed by atoms with Crippen LogP contribution in [0.1, 0.15) is 44.0 Å². The van der Waals surface area contributed by atoms with E-state index in [1.807, 2.05) is 39.0 Å². The average molecular weight is 272 g/mol. The Morgan fingerprint density at radius 1 is 1.30 bits per heavy atom. The molecule has 0 bridgehead atoms. The Morgan fingerprint density at radius 2 is 2.00 bits per heavy atom. The van der Waals surface area contributed by atoms with E-state index in [2.05, 4.69) is 9.97 Å². The van der Waals surface area contributed by atoms with E-state index in [-0.39, 0.29) is 22.9 Å². The van der Waals surface area contributed by atoms with Gasteiger partial charge in [-0.2, -0.15) is 4.98 Å². The van der Waals surface area contributed by atoms with Crippen LogP contribution in [0.25, 0.3) is 11.1 Å². The van der Waals surface area contributed by atoms with Gasteiger partial charge in [0.05, 0.1) is 0 Å². The smallest absolute Gasteiger partial charge is 0.262 e. The summed E-state index contributed by atoms with van der Waals surface area (Å²) in [6.07, 6.45) is 1.76. The molecule has 0 atom stereocenters. The first kappa shape index (κ1) is 14.3. The summed E-state index contributed by atoms with van der Waals surface area (Å²) in [4.78, 5) is 19.2. The third kappa shape index (κ3) is 2.74.